The number of hydrogen-bond donors (Lipinski definition) is 3. The molecule has 2 atom stereocenters. The first-order chi connectivity index (χ1) is 15.0. The third-order valence-electron chi connectivity index (χ3n) is 5.67. The molecule has 2 aromatic rings. The lowest BCUT2D eigenvalue weighted by Crippen LogP contribution is -2.46. The number of furan rings is 1. The van der Waals surface area contributed by atoms with Crippen molar-refractivity contribution in [1.29, 1.82) is 0 Å². The van der Waals surface area contributed by atoms with Gasteiger partial charge in [0.1, 0.15) is 11.3 Å². The number of benzene rings is 1. The van der Waals surface area contributed by atoms with Crippen molar-refractivity contribution in [3.05, 3.63) is 54.0 Å². The highest BCUT2D eigenvalue weighted by molar-refractivity contribution is 7.99. The molecule has 164 valence electrons. The molecule has 0 radical (unpaired) electrons. The summed E-state index contributed by atoms with van der Waals surface area (Å²) in [7, 11) is 0. The van der Waals surface area contributed by atoms with Gasteiger partial charge in [-0.15, -0.1) is 11.8 Å². The van der Waals surface area contributed by atoms with Crippen LogP contribution in [-0.4, -0.2) is 53.7 Å². The van der Waals surface area contributed by atoms with Gasteiger partial charge in [0.05, 0.1) is 17.9 Å². The monoisotopic (exact) mass is 442 g/mol. The van der Waals surface area contributed by atoms with Crippen molar-refractivity contribution in [2.24, 2.45) is 0 Å². The first-order valence-corrected chi connectivity index (χ1v) is 11.4. The number of hydrogen-bond acceptors (Lipinski definition) is 6. The summed E-state index contributed by atoms with van der Waals surface area (Å²) in [4.78, 5) is 39.7. The molecule has 3 N–H and O–H groups in total. The van der Waals surface area contributed by atoms with Crippen LogP contribution in [-0.2, 0) is 4.79 Å². The Balaban J connectivity index is 1.43. The van der Waals surface area contributed by atoms with Gasteiger partial charge in [-0.2, -0.15) is 0 Å². The van der Waals surface area contributed by atoms with E-state index in [0.29, 0.717) is 17.9 Å². The van der Waals surface area contributed by atoms with E-state index >= 15 is 0 Å². The molecule has 31 heavy (non-hydrogen) atoms. The number of nitrogens with zero attached hydrogens (tertiary/aromatic N) is 1. The van der Waals surface area contributed by atoms with Crippen LogP contribution in [0, 0.1) is 0 Å². The highest BCUT2D eigenvalue weighted by atomic mass is 32.2. The third-order valence-corrected chi connectivity index (χ3v) is 7.06. The number of thioether (sulfide) groups is 1. The number of likely N-dealkylation sites (tertiary alicyclic amines) is 1. The van der Waals surface area contributed by atoms with Crippen LogP contribution >= 0.6 is 11.8 Å². The van der Waals surface area contributed by atoms with E-state index in [9.17, 15) is 14.4 Å². The van der Waals surface area contributed by atoms with Gasteiger partial charge in [0, 0.05) is 17.2 Å². The molecule has 1 aromatic heterocycles. The number of imide groups is 1. The first-order valence-electron chi connectivity index (χ1n) is 10.4. The SMILES string of the molecule is C[C@]1(CSc2ccccc2C(=O)NC[C@H](c2ccco2)N2CCCC2)NC(=O)NC1=O. The fraction of sp³-hybridized carbons (Fsp3) is 0.409. The van der Waals surface area contributed by atoms with Crippen molar-refractivity contribution in [2.75, 3.05) is 25.4 Å². The molecule has 9 heteroatoms. The molecule has 8 nitrogen and oxygen atoms in total. The fourth-order valence-corrected chi connectivity index (χ4v) is 5.05. The maximum absolute atomic E-state index is 13.0. The maximum Gasteiger partial charge on any atom is 0.322 e. The Morgan fingerprint density at radius 1 is 1.23 bits per heavy atom. The number of amides is 4. The average molecular weight is 443 g/mol. The molecule has 1 aromatic carbocycles. The standard InChI is InChI=1S/C22H26N4O4S/c1-22(20(28)24-21(29)25-22)14-31-18-9-3-2-7-15(18)19(27)23-13-16(17-8-6-12-30-17)26-10-4-5-11-26/h2-3,6-9,12,16H,4-5,10-11,13-14H2,1H3,(H,23,27)(H2,24,25,28,29)/t16-,22-/m1/s1. The van der Waals surface area contributed by atoms with Crippen LogP contribution in [0.5, 0.6) is 0 Å². The molecule has 2 aliphatic rings. The molecule has 0 aliphatic carbocycles. The van der Waals surface area contributed by atoms with Crippen molar-refractivity contribution in [1.82, 2.24) is 20.9 Å². The molecule has 0 bridgehead atoms. The topological polar surface area (TPSA) is 104 Å². The predicted octanol–water partition coefficient (Wildman–Crippen LogP) is 2.54. The average Bonchev–Trinajstić information content (AvgIpc) is 3.51. The van der Waals surface area contributed by atoms with Gasteiger partial charge in [0.2, 0.25) is 0 Å². The molecular formula is C22H26N4O4S. The maximum atomic E-state index is 13.0. The lowest BCUT2D eigenvalue weighted by atomic mass is 10.1. The minimum atomic E-state index is -1.01. The summed E-state index contributed by atoms with van der Waals surface area (Å²) in [6.07, 6.45) is 3.95. The zero-order valence-electron chi connectivity index (χ0n) is 17.3. The molecule has 0 spiro atoms. The molecule has 4 amide bonds. The molecule has 2 fully saturated rings. The van der Waals surface area contributed by atoms with Crippen LogP contribution in [0.15, 0.2) is 52.0 Å². The van der Waals surface area contributed by atoms with E-state index in [1.165, 1.54) is 11.8 Å². The lowest BCUT2D eigenvalue weighted by molar-refractivity contribution is -0.122. The molecule has 2 aliphatic heterocycles. The van der Waals surface area contributed by atoms with Gasteiger partial charge in [0.15, 0.2) is 0 Å². The van der Waals surface area contributed by atoms with Gasteiger partial charge in [-0.25, -0.2) is 4.79 Å². The zero-order valence-corrected chi connectivity index (χ0v) is 18.2. The minimum Gasteiger partial charge on any atom is -0.468 e. The Morgan fingerprint density at radius 2 is 2.00 bits per heavy atom. The van der Waals surface area contributed by atoms with Crippen LogP contribution in [0.3, 0.4) is 0 Å². The Labute approximate surface area is 185 Å². The quantitative estimate of drug-likeness (QED) is 0.429. The second-order valence-corrected chi connectivity index (χ2v) is 9.03. The second-order valence-electron chi connectivity index (χ2n) is 8.01. The van der Waals surface area contributed by atoms with Crippen molar-refractivity contribution < 1.29 is 18.8 Å². The summed E-state index contributed by atoms with van der Waals surface area (Å²) in [5, 5.41) is 7.96. The Bertz CT molecular complexity index is 958. The van der Waals surface area contributed by atoms with Crippen molar-refractivity contribution in [3.8, 4) is 0 Å². The minimum absolute atomic E-state index is 0.00225. The molecular weight excluding hydrogens is 416 g/mol. The Hall–Kier alpha value is -2.78. The molecule has 4 rings (SSSR count). The Kier molecular flexibility index (Phi) is 6.33. The number of rotatable bonds is 8. The molecule has 0 saturated carbocycles. The van der Waals surface area contributed by atoms with Crippen molar-refractivity contribution >= 4 is 29.6 Å². The van der Waals surface area contributed by atoms with E-state index < -0.39 is 11.6 Å². The number of nitrogens with one attached hydrogen (secondary N) is 3. The van der Waals surface area contributed by atoms with Gasteiger partial charge >= 0.3 is 6.03 Å². The lowest BCUT2D eigenvalue weighted by Gasteiger charge is -2.26. The summed E-state index contributed by atoms with van der Waals surface area (Å²) in [5.41, 5.74) is -0.466. The van der Waals surface area contributed by atoms with Gasteiger partial charge in [-0.1, -0.05) is 12.1 Å². The van der Waals surface area contributed by atoms with Gasteiger partial charge in [-0.05, 0) is 57.1 Å². The smallest absolute Gasteiger partial charge is 0.322 e. The van der Waals surface area contributed by atoms with Gasteiger partial charge < -0.3 is 15.1 Å². The first kappa shape index (κ1) is 21.5. The van der Waals surface area contributed by atoms with E-state index in [4.69, 9.17) is 4.42 Å². The fourth-order valence-electron chi connectivity index (χ4n) is 3.91. The van der Waals surface area contributed by atoms with E-state index in [0.717, 1.165) is 36.6 Å². The molecule has 0 unspecified atom stereocenters. The summed E-state index contributed by atoms with van der Waals surface area (Å²) in [6.45, 7) is 4.09. The van der Waals surface area contributed by atoms with Crippen LogP contribution in [0.4, 0.5) is 4.79 Å². The van der Waals surface area contributed by atoms with Crippen molar-refractivity contribution in [3.63, 3.8) is 0 Å². The van der Waals surface area contributed by atoms with Crippen LogP contribution in [0.1, 0.15) is 41.9 Å². The third kappa shape index (κ3) is 4.77. The summed E-state index contributed by atoms with van der Waals surface area (Å²) >= 11 is 1.37. The van der Waals surface area contributed by atoms with E-state index in [-0.39, 0.29) is 17.9 Å². The van der Waals surface area contributed by atoms with Crippen LogP contribution in [0.2, 0.25) is 0 Å². The normalized spacial score (nSPS) is 22.2. The summed E-state index contributed by atoms with van der Waals surface area (Å²) < 4.78 is 5.63. The van der Waals surface area contributed by atoms with E-state index in [1.54, 1.807) is 19.3 Å². The van der Waals surface area contributed by atoms with Crippen LogP contribution in [0.25, 0.3) is 0 Å². The summed E-state index contributed by atoms with van der Waals surface area (Å²) in [5.74, 6) is 0.626. The van der Waals surface area contributed by atoms with Crippen LogP contribution < -0.4 is 16.0 Å². The molecule has 3 heterocycles. The largest absolute Gasteiger partial charge is 0.468 e. The van der Waals surface area contributed by atoms with E-state index in [1.807, 2.05) is 30.3 Å². The predicted molar refractivity (Wildman–Crippen MR) is 117 cm³/mol. The van der Waals surface area contributed by atoms with Gasteiger partial charge in [-0.3, -0.25) is 19.8 Å². The zero-order chi connectivity index (χ0) is 21.8. The highest BCUT2D eigenvalue weighted by Crippen LogP contribution is 2.28. The molecule has 2 saturated heterocycles. The second kappa shape index (κ2) is 9.15. The summed E-state index contributed by atoms with van der Waals surface area (Å²) in [6, 6.07) is 10.6. The number of urea groups is 1. The van der Waals surface area contributed by atoms with Crippen molar-refractivity contribution in [2.45, 2.75) is 36.2 Å². The number of carbonyl (C=O) groups is 3. The number of carbonyl (C=O) groups excluding carboxylic acids is 3. The Morgan fingerprint density at radius 3 is 2.68 bits per heavy atom. The highest BCUT2D eigenvalue weighted by Gasteiger charge is 2.42. The van der Waals surface area contributed by atoms with E-state index in [2.05, 4.69) is 20.9 Å². The van der Waals surface area contributed by atoms with Gasteiger partial charge in [0.25, 0.3) is 11.8 Å².